The van der Waals surface area contributed by atoms with Crippen molar-refractivity contribution in [2.45, 2.75) is 0 Å². The molecule has 0 saturated heterocycles. The molecule has 2 aromatic carbocycles. The van der Waals surface area contributed by atoms with Gasteiger partial charge in [0.05, 0.1) is 0 Å². The predicted octanol–water partition coefficient (Wildman–Crippen LogP) is 2.39. The zero-order valence-corrected chi connectivity index (χ0v) is 14.7. The smallest absolute Gasteiger partial charge is 0.328 e. The van der Waals surface area contributed by atoms with Crippen LogP contribution in [0.2, 0.25) is 0 Å². The Kier molecular flexibility index (Phi) is 9.82. The summed E-state index contributed by atoms with van der Waals surface area (Å²) in [5.41, 5.74) is 1.02. The molecule has 8 nitrogen and oxygen atoms in total. The Labute approximate surface area is 164 Å². The monoisotopic (exact) mass is 416 g/mol. The fourth-order valence-electron chi connectivity index (χ4n) is 1.62. The number of hydrogen-bond donors (Lipinski definition) is 6. The summed E-state index contributed by atoms with van der Waals surface area (Å²) in [6.45, 7) is 0. The van der Waals surface area contributed by atoms with Crippen molar-refractivity contribution in [3.63, 3.8) is 0 Å². The van der Waals surface area contributed by atoms with E-state index in [0.29, 0.717) is 11.1 Å². The van der Waals surface area contributed by atoms with E-state index in [1.807, 2.05) is 0 Å². The van der Waals surface area contributed by atoms with Gasteiger partial charge >= 0.3 is 11.9 Å². The fraction of sp³-hybridized carbons (Fsp3) is 0. The summed E-state index contributed by atoms with van der Waals surface area (Å²) in [5.74, 6) is -3.12. The number of phenols is 4. The van der Waals surface area contributed by atoms with Gasteiger partial charge in [-0.05, 0) is 47.5 Å². The van der Waals surface area contributed by atoms with Gasteiger partial charge < -0.3 is 30.6 Å². The van der Waals surface area contributed by atoms with Gasteiger partial charge in [0.2, 0.25) is 0 Å². The number of aromatic hydroxyl groups is 4. The van der Waals surface area contributed by atoms with Crippen LogP contribution in [-0.2, 0) is 26.7 Å². The second-order valence-corrected chi connectivity index (χ2v) is 4.84. The fourth-order valence-corrected chi connectivity index (χ4v) is 1.62. The molecule has 0 atom stereocenters. The first kappa shape index (κ1) is 23.6. The molecule has 9 heteroatoms. The summed E-state index contributed by atoms with van der Waals surface area (Å²) in [5, 5.41) is 52.5. The standard InChI is InChI=1S/2C9H8O4.Fe/c2*10-7-3-1-6(5-8(7)11)2-4-9(12)13;/h2*1-5,10-11H,(H,12,13);/b2*4-2+;. The Hall–Kier alpha value is -3.42. The molecular weight excluding hydrogens is 400 g/mol. The Morgan fingerprint density at radius 2 is 0.963 bits per heavy atom. The number of phenolic OH excluding ortho intramolecular Hbond substituents is 4. The summed E-state index contributed by atoms with van der Waals surface area (Å²) < 4.78 is 0. The second kappa shape index (κ2) is 11.2. The summed E-state index contributed by atoms with van der Waals surface area (Å²) in [6, 6.07) is 8.11. The molecule has 0 aliphatic carbocycles. The van der Waals surface area contributed by atoms with Crippen LogP contribution in [0.5, 0.6) is 23.0 Å². The molecule has 6 N–H and O–H groups in total. The molecule has 0 amide bonds. The van der Waals surface area contributed by atoms with Crippen molar-refractivity contribution in [1.29, 1.82) is 0 Å². The van der Waals surface area contributed by atoms with Gasteiger partial charge in [-0.25, -0.2) is 9.59 Å². The molecule has 0 radical (unpaired) electrons. The number of hydrogen-bond acceptors (Lipinski definition) is 6. The normalized spacial score (nSPS) is 10.1. The minimum absolute atomic E-state index is 0. The third-order valence-corrected chi connectivity index (χ3v) is 2.84. The van der Waals surface area contributed by atoms with Gasteiger partial charge in [0, 0.05) is 29.2 Å². The molecule has 0 heterocycles. The molecule has 0 aromatic heterocycles. The van der Waals surface area contributed by atoms with E-state index in [4.69, 9.17) is 30.6 Å². The van der Waals surface area contributed by atoms with Crippen LogP contribution < -0.4 is 0 Å². The number of aliphatic carboxylic acids is 2. The number of carboxylic acids is 2. The summed E-state index contributed by atoms with van der Waals surface area (Å²) in [7, 11) is 0. The first-order valence-electron chi connectivity index (χ1n) is 7.05. The maximum Gasteiger partial charge on any atom is 0.328 e. The van der Waals surface area contributed by atoms with E-state index in [-0.39, 0.29) is 40.1 Å². The Bertz CT molecular complexity index is 787. The van der Waals surface area contributed by atoms with Crippen LogP contribution >= 0.6 is 0 Å². The Morgan fingerprint density at radius 1 is 0.630 bits per heavy atom. The van der Waals surface area contributed by atoms with E-state index >= 15 is 0 Å². The summed E-state index contributed by atoms with van der Waals surface area (Å²) in [4.78, 5) is 20.3. The average molecular weight is 416 g/mol. The predicted molar refractivity (Wildman–Crippen MR) is 92.9 cm³/mol. The van der Waals surface area contributed by atoms with Crippen LogP contribution in [0.25, 0.3) is 12.2 Å². The van der Waals surface area contributed by atoms with Crippen molar-refractivity contribution in [2.75, 3.05) is 0 Å². The minimum atomic E-state index is -1.06. The van der Waals surface area contributed by atoms with Crippen molar-refractivity contribution in [2.24, 2.45) is 0 Å². The van der Waals surface area contributed by atoms with Gasteiger partial charge in [-0.1, -0.05) is 12.1 Å². The molecule has 0 saturated carbocycles. The van der Waals surface area contributed by atoms with Crippen LogP contribution in [0, 0.1) is 0 Å². The molecule has 2 aromatic rings. The molecular formula is C18H16FeO8. The largest absolute Gasteiger partial charge is 0.504 e. The number of carboxylic acid groups (broad SMARTS) is 2. The van der Waals surface area contributed by atoms with Crippen LogP contribution in [0.4, 0.5) is 0 Å². The van der Waals surface area contributed by atoms with Crippen LogP contribution in [0.1, 0.15) is 11.1 Å². The Balaban J connectivity index is 0.000000483. The zero-order valence-electron chi connectivity index (χ0n) is 13.6. The van der Waals surface area contributed by atoms with E-state index in [1.165, 1.54) is 48.6 Å². The van der Waals surface area contributed by atoms with E-state index in [9.17, 15) is 9.59 Å². The van der Waals surface area contributed by atoms with Crippen LogP contribution in [0.3, 0.4) is 0 Å². The van der Waals surface area contributed by atoms with E-state index in [1.54, 1.807) is 0 Å². The van der Waals surface area contributed by atoms with Crippen molar-refractivity contribution in [1.82, 2.24) is 0 Å². The maximum atomic E-state index is 10.1. The molecule has 27 heavy (non-hydrogen) atoms. The summed E-state index contributed by atoms with van der Waals surface area (Å²) in [6.07, 6.45) is 4.54. The minimum Gasteiger partial charge on any atom is -0.504 e. The third kappa shape index (κ3) is 9.01. The second-order valence-electron chi connectivity index (χ2n) is 4.84. The maximum absolute atomic E-state index is 10.1. The van der Waals surface area contributed by atoms with Crippen molar-refractivity contribution < 1.29 is 57.3 Å². The number of rotatable bonds is 4. The number of carbonyl (C=O) groups is 2. The van der Waals surface area contributed by atoms with Gasteiger partial charge in [0.1, 0.15) is 0 Å². The quantitative estimate of drug-likeness (QED) is 0.252. The van der Waals surface area contributed by atoms with Crippen LogP contribution in [-0.4, -0.2) is 42.6 Å². The molecule has 0 aliphatic rings. The van der Waals surface area contributed by atoms with Gasteiger partial charge in [0.25, 0.3) is 0 Å². The van der Waals surface area contributed by atoms with Crippen molar-refractivity contribution >= 4 is 24.1 Å². The molecule has 2 rings (SSSR count). The Morgan fingerprint density at radius 3 is 1.22 bits per heavy atom. The van der Waals surface area contributed by atoms with Crippen molar-refractivity contribution in [3.05, 3.63) is 59.7 Å². The SMILES string of the molecule is O=C(O)/C=C/c1ccc(O)c(O)c1.O=C(O)/C=C/c1ccc(O)c(O)c1.[Fe]. The molecule has 0 aliphatic heterocycles. The van der Waals surface area contributed by atoms with E-state index in [2.05, 4.69) is 0 Å². The molecule has 0 fully saturated rings. The zero-order chi connectivity index (χ0) is 19.7. The number of benzene rings is 2. The topological polar surface area (TPSA) is 156 Å². The first-order chi connectivity index (χ1) is 12.2. The van der Waals surface area contributed by atoms with Gasteiger partial charge in [-0.15, -0.1) is 0 Å². The van der Waals surface area contributed by atoms with Gasteiger partial charge in [-0.2, -0.15) is 0 Å². The molecule has 144 valence electrons. The molecule has 0 unspecified atom stereocenters. The van der Waals surface area contributed by atoms with E-state index in [0.717, 1.165) is 12.2 Å². The molecule has 0 spiro atoms. The molecule has 0 bridgehead atoms. The first-order valence-corrected chi connectivity index (χ1v) is 7.05. The van der Waals surface area contributed by atoms with Crippen LogP contribution in [0.15, 0.2) is 48.6 Å². The summed E-state index contributed by atoms with van der Waals surface area (Å²) >= 11 is 0. The van der Waals surface area contributed by atoms with Crippen molar-refractivity contribution in [3.8, 4) is 23.0 Å². The van der Waals surface area contributed by atoms with Gasteiger partial charge in [-0.3, -0.25) is 0 Å². The third-order valence-electron chi connectivity index (χ3n) is 2.84. The van der Waals surface area contributed by atoms with E-state index < -0.39 is 11.9 Å². The average Bonchev–Trinajstić information content (AvgIpc) is 2.57. The van der Waals surface area contributed by atoms with Gasteiger partial charge in [0.15, 0.2) is 23.0 Å².